The lowest BCUT2D eigenvalue weighted by Gasteiger charge is -2.34. The van der Waals surface area contributed by atoms with Crippen LogP contribution >= 0.6 is 0 Å². The molecule has 0 radical (unpaired) electrons. The first-order chi connectivity index (χ1) is 12.6. The van der Waals surface area contributed by atoms with Gasteiger partial charge in [-0.2, -0.15) is 4.39 Å². The van der Waals surface area contributed by atoms with Crippen LogP contribution in [-0.4, -0.2) is 13.0 Å². The second kappa shape index (κ2) is 6.26. The van der Waals surface area contributed by atoms with Crippen LogP contribution in [0, 0.1) is 11.6 Å². The SMILES string of the molecule is CN1C2=CC=CCC2=C(C(=O)Oc2cccc(F)c2F)c2ccccc21. The van der Waals surface area contributed by atoms with Crippen molar-refractivity contribution in [1.82, 2.24) is 0 Å². The zero-order chi connectivity index (χ0) is 18.3. The Kier molecular flexibility index (Phi) is 3.92. The average molecular weight is 351 g/mol. The highest BCUT2D eigenvalue weighted by Gasteiger charge is 2.32. The molecule has 0 amide bonds. The number of likely N-dealkylation sites (N-methyl/N-ethyl adjacent to an activating group) is 1. The maximum absolute atomic E-state index is 13.9. The van der Waals surface area contributed by atoms with E-state index in [1.807, 2.05) is 54.4 Å². The number of carbonyl (C=O) groups excluding carboxylic acids is 1. The molecule has 2 aromatic carbocycles. The summed E-state index contributed by atoms with van der Waals surface area (Å²) in [6.45, 7) is 0. The monoisotopic (exact) mass is 351 g/mol. The van der Waals surface area contributed by atoms with Crippen LogP contribution in [0.1, 0.15) is 12.0 Å². The minimum absolute atomic E-state index is 0.373. The molecule has 0 bridgehead atoms. The van der Waals surface area contributed by atoms with Gasteiger partial charge in [0.2, 0.25) is 5.82 Å². The van der Waals surface area contributed by atoms with Gasteiger partial charge in [-0.1, -0.05) is 36.4 Å². The predicted octanol–water partition coefficient (Wildman–Crippen LogP) is 4.62. The van der Waals surface area contributed by atoms with Gasteiger partial charge in [0.25, 0.3) is 0 Å². The van der Waals surface area contributed by atoms with Crippen LogP contribution in [-0.2, 0) is 4.79 Å². The number of para-hydroxylation sites is 1. The molecule has 0 saturated heterocycles. The normalized spacial score (nSPS) is 15.3. The van der Waals surface area contributed by atoms with E-state index in [9.17, 15) is 13.6 Å². The Bertz CT molecular complexity index is 1000. The number of benzene rings is 2. The van der Waals surface area contributed by atoms with Crippen LogP contribution < -0.4 is 9.64 Å². The Morgan fingerprint density at radius 3 is 2.77 bits per heavy atom. The maximum atomic E-state index is 13.9. The van der Waals surface area contributed by atoms with Gasteiger partial charge in [0.1, 0.15) is 0 Å². The minimum Gasteiger partial charge on any atom is -0.420 e. The number of hydrogen-bond acceptors (Lipinski definition) is 3. The van der Waals surface area contributed by atoms with Crippen molar-refractivity contribution in [1.29, 1.82) is 0 Å². The van der Waals surface area contributed by atoms with Crippen molar-refractivity contribution in [3.8, 4) is 5.75 Å². The Morgan fingerprint density at radius 1 is 1.12 bits per heavy atom. The first kappa shape index (κ1) is 16.3. The fourth-order valence-corrected chi connectivity index (χ4v) is 3.31. The predicted molar refractivity (Wildman–Crippen MR) is 95.6 cm³/mol. The van der Waals surface area contributed by atoms with Gasteiger partial charge in [-0.05, 0) is 36.3 Å². The van der Waals surface area contributed by atoms with Gasteiger partial charge in [0.15, 0.2) is 11.6 Å². The molecule has 1 aliphatic heterocycles. The number of nitrogens with zero attached hydrogens (tertiary/aromatic N) is 1. The molecule has 3 nitrogen and oxygen atoms in total. The van der Waals surface area contributed by atoms with E-state index in [-0.39, 0.29) is 0 Å². The lowest BCUT2D eigenvalue weighted by Crippen LogP contribution is -2.28. The van der Waals surface area contributed by atoms with E-state index < -0.39 is 23.4 Å². The van der Waals surface area contributed by atoms with Crippen LogP contribution in [0.2, 0.25) is 0 Å². The van der Waals surface area contributed by atoms with E-state index >= 15 is 0 Å². The van der Waals surface area contributed by atoms with E-state index in [0.717, 1.165) is 23.0 Å². The third-order valence-corrected chi connectivity index (χ3v) is 4.54. The van der Waals surface area contributed by atoms with Gasteiger partial charge in [0.05, 0.1) is 5.57 Å². The number of ether oxygens (including phenoxy) is 1. The van der Waals surface area contributed by atoms with E-state index in [2.05, 4.69) is 0 Å². The molecule has 26 heavy (non-hydrogen) atoms. The average Bonchev–Trinajstić information content (AvgIpc) is 2.66. The summed E-state index contributed by atoms with van der Waals surface area (Å²) in [5.74, 6) is -3.35. The van der Waals surface area contributed by atoms with Gasteiger partial charge < -0.3 is 9.64 Å². The first-order valence-corrected chi connectivity index (χ1v) is 8.17. The van der Waals surface area contributed by atoms with Crippen molar-refractivity contribution in [3.63, 3.8) is 0 Å². The summed E-state index contributed by atoms with van der Waals surface area (Å²) in [6, 6.07) is 11.0. The molecule has 0 N–H and O–H groups in total. The van der Waals surface area contributed by atoms with Crippen molar-refractivity contribution < 1.29 is 18.3 Å². The van der Waals surface area contributed by atoms with Crippen LogP contribution in [0.15, 0.2) is 72.0 Å². The van der Waals surface area contributed by atoms with Crippen LogP contribution in [0.5, 0.6) is 5.75 Å². The molecule has 0 unspecified atom stereocenters. The summed E-state index contributed by atoms with van der Waals surface area (Å²) in [6.07, 6.45) is 6.35. The molecule has 2 aromatic rings. The molecule has 130 valence electrons. The van der Waals surface area contributed by atoms with Gasteiger partial charge in [-0.25, -0.2) is 9.18 Å². The standard InChI is InChI=1S/C21H15F2NO2/c1-24-16-10-4-2-7-13(16)19(14-8-3-5-11-17(14)24)21(25)26-18-12-6-9-15(22)20(18)23/h2-7,9-12H,8H2,1H3. The van der Waals surface area contributed by atoms with Gasteiger partial charge in [-0.3, -0.25) is 0 Å². The second-order valence-corrected chi connectivity index (χ2v) is 6.06. The molecule has 0 spiro atoms. The molecule has 4 rings (SSSR count). The molecule has 1 heterocycles. The van der Waals surface area contributed by atoms with Crippen molar-refractivity contribution in [2.45, 2.75) is 6.42 Å². The summed E-state index contributed by atoms with van der Waals surface area (Å²) in [4.78, 5) is 14.9. The number of esters is 1. The fraction of sp³-hybridized carbons (Fsp3) is 0.0952. The Hall–Kier alpha value is -3.21. The Labute approximate surface area is 149 Å². The number of anilines is 1. The van der Waals surface area contributed by atoms with Crippen LogP contribution in [0.4, 0.5) is 14.5 Å². The molecule has 2 aliphatic rings. The second-order valence-electron chi connectivity index (χ2n) is 6.06. The van der Waals surface area contributed by atoms with Crippen molar-refractivity contribution >= 4 is 17.2 Å². The van der Waals surface area contributed by atoms with Crippen molar-refractivity contribution in [3.05, 3.63) is 89.2 Å². The highest BCUT2D eigenvalue weighted by atomic mass is 19.2. The number of carbonyl (C=O) groups is 1. The third kappa shape index (κ3) is 2.52. The minimum atomic E-state index is -1.17. The summed E-state index contributed by atoms with van der Waals surface area (Å²) in [7, 11) is 1.93. The number of fused-ring (bicyclic) bond motifs is 2. The Morgan fingerprint density at radius 2 is 1.92 bits per heavy atom. The van der Waals surface area contributed by atoms with Crippen LogP contribution in [0.3, 0.4) is 0 Å². The zero-order valence-electron chi connectivity index (χ0n) is 14.0. The van der Waals surface area contributed by atoms with E-state index in [1.54, 1.807) is 0 Å². The highest BCUT2D eigenvalue weighted by molar-refractivity contribution is 6.22. The molecule has 0 atom stereocenters. The highest BCUT2D eigenvalue weighted by Crippen LogP contribution is 2.42. The molecular formula is C21H15F2NO2. The topological polar surface area (TPSA) is 29.5 Å². The van der Waals surface area contributed by atoms with E-state index in [1.165, 1.54) is 12.1 Å². The summed E-state index contributed by atoms with van der Waals surface area (Å²) in [5.41, 5.74) is 3.62. The quantitative estimate of drug-likeness (QED) is 0.584. The molecular weight excluding hydrogens is 336 g/mol. The van der Waals surface area contributed by atoms with Crippen LogP contribution in [0.25, 0.3) is 5.57 Å². The number of rotatable bonds is 2. The van der Waals surface area contributed by atoms with E-state index in [0.29, 0.717) is 17.6 Å². The fourth-order valence-electron chi connectivity index (χ4n) is 3.31. The lowest BCUT2D eigenvalue weighted by atomic mass is 9.87. The molecule has 0 saturated carbocycles. The molecule has 0 fully saturated rings. The third-order valence-electron chi connectivity index (χ3n) is 4.54. The lowest BCUT2D eigenvalue weighted by molar-refractivity contribution is -0.128. The summed E-state index contributed by atoms with van der Waals surface area (Å²) >= 11 is 0. The molecule has 1 aliphatic carbocycles. The first-order valence-electron chi connectivity index (χ1n) is 8.17. The summed E-state index contributed by atoms with van der Waals surface area (Å²) in [5, 5.41) is 0. The van der Waals surface area contributed by atoms with E-state index in [4.69, 9.17) is 4.74 Å². The zero-order valence-corrected chi connectivity index (χ0v) is 14.0. The smallest absolute Gasteiger partial charge is 0.344 e. The number of halogens is 2. The van der Waals surface area contributed by atoms with Gasteiger partial charge in [-0.15, -0.1) is 0 Å². The molecule has 5 heteroatoms. The Balaban J connectivity index is 1.83. The summed E-state index contributed by atoms with van der Waals surface area (Å²) < 4.78 is 32.6. The van der Waals surface area contributed by atoms with Gasteiger partial charge in [0, 0.05) is 24.0 Å². The van der Waals surface area contributed by atoms with Gasteiger partial charge >= 0.3 is 5.97 Å². The largest absolute Gasteiger partial charge is 0.420 e. The molecule has 0 aromatic heterocycles. The maximum Gasteiger partial charge on any atom is 0.344 e. The van der Waals surface area contributed by atoms with Crippen molar-refractivity contribution in [2.75, 3.05) is 11.9 Å². The number of hydrogen-bond donors (Lipinski definition) is 0. The van der Waals surface area contributed by atoms with Crippen molar-refractivity contribution in [2.24, 2.45) is 0 Å². The number of allylic oxidation sites excluding steroid dienone is 4.